The molecule has 0 fully saturated rings. The van der Waals surface area contributed by atoms with Crippen molar-refractivity contribution in [2.45, 2.75) is 38.8 Å². The number of nitrogens with zero attached hydrogens (tertiary/aromatic N) is 3. The lowest BCUT2D eigenvalue weighted by atomic mass is 10.2. The van der Waals surface area contributed by atoms with Crippen molar-refractivity contribution in [3.8, 4) is 11.8 Å². The van der Waals surface area contributed by atoms with Gasteiger partial charge in [0.2, 0.25) is 5.89 Å². The number of aromatic nitrogens is 2. The van der Waals surface area contributed by atoms with Crippen molar-refractivity contribution in [1.82, 2.24) is 15.5 Å². The van der Waals surface area contributed by atoms with Crippen LogP contribution in [0.5, 0.6) is 5.75 Å². The summed E-state index contributed by atoms with van der Waals surface area (Å²) in [4.78, 5) is 16.2. The lowest BCUT2D eigenvalue weighted by Crippen LogP contribution is -2.29. The third-order valence-electron chi connectivity index (χ3n) is 3.60. The van der Waals surface area contributed by atoms with Crippen LogP contribution >= 0.6 is 0 Å². The fraction of sp³-hybridized carbons (Fsp3) is 0.444. The first kappa shape index (κ1) is 22.0. The van der Waals surface area contributed by atoms with Crippen LogP contribution in [0.1, 0.15) is 43.5 Å². The van der Waals surface area contributed by atoms with Gasteiger partial charge < -0.3 is 19.9 Å². The minimum absolute atomic E-state index is 0.121. The standard InChI is InChI=1S/C18H20F3N5O3/c1-11(2)16-25-15(29-26-16)4-3-7-23-17(27)24-13-5-6-14(12(8-13)9-22)28-10-18(19,20)21/h5-6,8,11H,3-4,7,10H2,1-2H3,(H2,23,24,27). The van der Waals surface area contributed by atoms with Gasteiger partial charge in [-0.3, -0.25) is 0 Å². The molecule has 0 aliphatic rings. The lowest BCUT2D eigenvalue weighted by Gasteiger charge is -2.12. The summed E-state index contributed by atoms with van der Waals surface area (Å²) in [5.74, 6) is 1.07. The third kappa shape index (κ3) is 7.33. The van der Waals surface area contributed by atoms with Crippen LogP contribution < -0.4 is 15.4 Å². The van der Waals surface area contributed by atoms with Crippen molar-refractivity contribution in [2.24, 2.45) is 0 Å². The second kappa shape index (κ2) is 9.77. The highest BCUT2D eigenvalue weighted by Crippen LogP contribution is 2.24. The molecule has 2 rings (SSSR count). The van der Waals surface area contributed by atoms with Crippen molar-refractivity contribution in [1.29, 1.82) is 5.26 Å². The summed E-state index contributed by atoms with van der Waals surface area (Å²) >= 11 is 0. The van der Waals surface area contributed by atoms with Crippen LogP contribution in [0.4, 0.5) is 23.7 Å². The quantitative estimate of drug-likeness (QED) is 0.640. The number of hydrogen-bond acceptors (Lipinski definition) is 6. The molecule has 2 aromatic rings. The number of nitriles is 1. The summed E-state index contributed by atoms with van der Waals surface area (Å²) in [5, 5.41) is 18.0. The van der Waals surface area contributed by atoms with Gasteiger partial charge in [0.25, 0.3) is 0 Å². The Morgan fingerprint density at radius 1 is 1.38 bits per heavy atom. The van der Waals surface area contributed by atoms with Gasteiger partial charge in [0, 0.05) is 24.6 Å². The zero-order chi connectivity index (χ0) is 21.4. The van der Waals surface area contributed by atoms with Gasteiger partial charge in [0.1, 0.15) is 11.8 Å². The van der Waals surface area contributed by atoms with Crippen LogP contribution in [0.15, 0.2) is 22.7 Å². The van der Waals surface area contributed by atoms with Gasteiger partial charge >= 0.3 is 12.2 Å². The predicted octanol–water partition coefficient (Wildman–Crippen LogP) is 3.76. The highest BCUT2D eigenvalue weighted by Gasteiger charge is 2.28. The summed E-state index contributed by atoms with van der Waals surface area (Å²) in [6, 6.07) is 4.99. The van der Waals surface area contributed by atoms with Gasteiger partial charge in [0.05, 0.1) is 5.56 Å². The molecule has 2 N–H and O–H groups in total. The van der Waals surface area contributed by atoms with Crippen LogP contribution in [0.25, 0.3) is 0 Å². The maximum absolute atomic E-state index is 12.2. The average Bonchev–Trinajstić information content (AvgIpc) is 3.12. The fourth-order valence-corrected chi connectivity index (χ4v) is 2.20. The number of rotatable bonds is 8. The summed E-state index contributed by atoms with van der Waals surface area (Å²) in [7, 11) is 0. The molecule has 11 heteroatoms. The van der Waals surface area contributed by atoms with Gasteiger partial charge in [-0.15, -0.1) is 0 Å². The number of carbonyl (C=O) groups excluding carboxylic acids is 1. The summed E-state index contributed by atoms with van der Waals surface area (Å²) in [6.07, 6.45) is -3.44. The largest absolute Gasteiger partial charge is 0.483 e. The first-order valence-corrected chi connectivity index (χ1v) is 8.79. The maximum atomic E-state index is 12.2. The van der Waals surface area contributed by atoms with Crippen LogP contribution in [-0.4, -0.2) is 35.5 Å². The summed E-state index contributed by atoms with van der Waals surface area (Å²) in [5.41, 5.74) is 0.126. The number of alkyl halides is 3. The Hall–Kier alpha value is -3.29. The van der Waals surface area contributed by atoms with E-state index < -0.39 is 18.8 Å². The van der Waals surface area contributed by atoms with E-state index in [9.17, 15) is 18.0 Å². The first-order valence-electron chi connectivity index (χ1n) is 8.79. The van der Waals surface area contributed by atoms with Crippen molar-refractivity contribution >= 4 is 11.7 Å². The van der Waals surface area contributed by atoms with Crippen LogP contribution in [-0.2, 0) is 6.42 Å². The van der Waals surface area contributed by atoms with Gasteiger partial charge in [-0.1, -0.05) is 19.0 Å². The number of nitrogens with one attached hydrogen (secondary N) is 2. The number of ether oxygens (including phenoxy) is 1. The minimum Gasteiger partial charge on any atom is -0.483 e. The molecule has 0 aliphatic heterocycles. The normalized spacial score (nSPS) is 11.2. The molecule has 8 nitrogen and oxygen atoms in total. The molecule has 1 aromatic heterocycles. The number of hydrogen-bond donors (Lipinski definition) is 2. The molecule has 0 bridgehead atoms. The lowest BCUT2D eigenvalue weighted by molar-refractivity contribution is -0.153. The van der Waals surface area contributed by atoms with Crippen LogP contribution in [0.3, 0.4) is 0 Å². The SMILES string of the molecule is CC(C)c1noc(CCCNC(=O)Nc2ccc(OCC(F)(F)F)c(C#N)c2)n1. The summed E-state index contributed by atoms with van der Waals surface area (Å²) < 4.78 is 46.4. The highest BCUT2D eigenvalue weighted by atomic mass is 19.4. The monoisotopic (exact) mass is 411 g/mol. The van der Waals surface area contributed by atoms with E-state index in [-0.39, 0.29) is 22.9 Å². The molecular formula is C18H20F3N5O3. The predicted molar refractivity (Wildman–Crippen MR) is 96.4 cm³/mol. The zero-order valence-corrected chi connectivity index (χ0v) is 15.8. The van der Waals surface area contributed by atoms with Crippen molar-refractivity contribution < 1.29 is 27.2 Å². The number of amides is 2. The van der Waals surface area contributed by atoms with E-state index in [1.807, 2.05) is 13.8 Å². The molecule has 156 valence electrons. The molecule has 0 unspecified atom stereocenters. The Labute approximate surface area is 165 Å². The zero-order valence-electron chi connectivity index (χ0n) is 15.8. The van der Waals surface area contributed by atoms with Crippen molar-refractivity contribution in [3.05, 3.63) is 35.5 Å². The molecule has 0 spiro atoms. The molecule has 29 heavy (non-hydrogen) atoms. The molecule has 0 aliphatic carbocycles. The number of anilines is 1. The number of carbonyl (C=O) groups is 1. The van der Waals surface area contributed by atoms with E-state index in [4.69, 9.17) is 9.78 Å². The van der Waals surface area contributed by atoms with Crippen molar-refractivity contribution in [2.75, 3.05) is 18.5 Å². The topological polar surface area (TPSA) is 113 Å². The number of aryl methyl sites for hydroxylation is 1. The Bertz CT molecular complexity index is 874. The second-order valence-electron chi connectivity index (χ2n) is 6.41. The molecule has 0 radical (unpaired) electrons. The molecular weight excluding hydrogens is 391 g/mol. The summed E-state index contributed by atoms with van der Waals surface area (Å²) in [6.45, 7) is 2.73. The van der Waals surface area contributed by atoms with Gasteiger partial charge in [-0.25, -0.2) is 4.79 Å². The molecule has 1 aromatic carbocycles. The molecule has 0 saturated carbocycles. The van der Waals surface area contributed by atoms with Gasteiger partial charge in [-0.2, -0.15) is 23.4 Å². The average molecular weight is 411 g/mol. The Balaban J connectivity index is 1.80. The molecule has 1 heterocycles. The fourth-order valence-electron chi connectivity index (χ4n) is 2.20. The second-order valence-corrected chi connectivity index (χ2v) is 6.41. The van der Waals surface area contributed by atoms with E-state index in [0.717, 1.165) is 0 Å². The van der Waals surface area contributed by atoms with E-state index in [0.29, 0.717) is 31.1 Å². The van der Waals surface area contributed by atoms with Crippen LogP contribution in [0, 0.1) is 11.3 Å². The smallest absolute Gasteiger partial charge is 0.422 e. The van der Waals surface area contributed by atoms with E-state index >= 15 is 0 Å². The Kier molecular flexibility index (Phi) is 7.41. The molecule has 0 atom stereocenters. The maximum Gasteiger partial charge on any atom is 0.422 e. The third-order valence-corrected chi connectivity index (χ3v) is 3.60. The van der Waals surface area contributed by atoms with E-state index in [1.54, 1.807) is 6.07 Å². The van der Waals surface area contributed by atoms with E-state index in [2.05, 4.69) is 25.5 Å². The first-order chi connectivity index (χ1) is 13.7. The Morgan fingerprint density at radius 3 is 2.76 bits per heavy atom. The minimum atomic E-state index is -4.51. The van der Waals surface area contributed by atoms with Crippen LogP contribution in [0.2, 0.25) is 0 Å². The number of urea groups is 1. The van der Waals surface area contributed by atoms with Crippen molar-refractivity contribution in [3.63, 3.8) is 0 Å². The molecule has 2 amide bonds. The Morgan fingerprint density at radius 2 is 2.14 bits per heavy atom. The highest BCUT2D eigenvalue weighted by molar-refractivity contribution is 5.89. The van der Waals surface area contributed by atoms with E-state index in [1.165, 1.54) is 18.2 Å². The molecule has 0 saturated heterocycles. The number of benzene rings is 1. The number of halogens is 3. The van der Waals surface area contributed by atoms with Gasteiger partial charge in [0.15, 0.2) is 12.4 Å². The van der Waals surface area contributed by atoms with Gasteiger partial charge in [-0.05, 0) is 24.6 Å².